The van der Waals surface area contributed by atoms with Gasteiger partial charge in [0.15, 0.2) is 0 Å². The lowest BCUT2D eigenvalue weighted by molar-refractivity contribution is 0.00145. The standard InChI is InChI=1S/C4H7NO2/c5-2-1-3-7-4-6/h6H,1,3-4H2. The lowest BCUT2D eigenvalue weighted by atomic mass is 10.5. The van der Waals surface area contributed by atoms with Crippen molar-refractivity contribution in [1.29, 1.82) is 5.26 Å². The Labute approximate surface area is 42.1 Å². The Morgan fingerprint density at radius 1 is 1.71 bits per heavy atom. The molecule has 1 N–H and O–H groups in total. The van der Waals surface area contributed by atoms with E-state index in [4.69, 9.17) is 10.4 Å². The minimum absolute atomic E-state index is 0.290. The van der Waals surface area contributed by atoms with Crippen LogP contribution in [0.4, 0.5) is 0 Å². The minimum Gasteiger partial charge on any atom is -0.371 e. The van der Waals surface area contributed by atoms with Crippen LogP contribution in [0.5, 0.6) is 0 Å². The maximum atomic E-state index is 7.96. The molecule has 7 heavy (non-hydrogen) atoms. The maximum absolute atomic E-state index is 7.96. The predicted octanol–water partition coefficient (Wildman–Crippen LogP) is -0.134. The second-order valence-electron chi connectivity index (χ2n) is 0.945. The van der Waals surface area contributed by atoms with Gasteiger partial charge in [-0.05, 0) is 0 Å². The first-order valence-electron chi connectivity index (χ1n) is 1.97. The van der Waals surface area contributed by atoms with Gasteiger partial charge in [0.1, 0.15) is 6.79 Å². The molecule has 0 atom stereocenters. The highest BCUT2D eigenvalue weighted by Crippen LogP contribution is 1.74. The van der Waals surface area contributed by atoms with Crippen molar-refractivity contribution in [2.24, 2.45) is 0 Å². The van der Waals surface area contributed by atoms with E-state index in [-0.39, 0.29) is 6.79 Å². The quantitative estimate of drug-likeness (QED) is 0.398. The zero-order chi connectivity index (χ0) is 5.54. The number of hydrogen-bond acceptors (Lipinski definition) is 3. The first-order chi connectivity index (χ1) is 3.41. The van der Waals surface area contributed by atoms with Gasteiger partial charge >= 0.3 is 0 Å². The molecule has 0 saturated carbocycles. The van der Waals surface area contributed by atoms with Crippen LogP contribution in [0.15, 0.2) is 0 Å². The van der Waals surface area contributed by atoms with E-state index in [9.17, 15) is 0 Å². The normalized spacial score (nSPS) is 8.00. The summed E-state index contributed by atoms with van der Waals surface area (Å²) in [7, 11) is 0. The minimum atomic E-state index is -0.290. The molecule has 0 radical (unpaired) electrons. The Hall–Kier alpha value is -0.590. The lowest BCUT2D eigenvalue weighted by Crippen LogP contribution is -1.92. The molecule has 0 fully saturated rings. The predicted molar refractivity (Wildman–Crippen MR) is 23.3 cm³/mol. The molecule has 40 valence electrons. The molecule has 3 nitrogen and oxygen atoms in total. The van der Waals surface area contributed by atoms with E-state index in [2.05, 4.69) is 4.74 Å². The molecule has 0 heterocycles. The van der Waals surface area contributed by atoms with E-state index in [0.29, 0.717) is 13.0 Å². The topological polar surface area (TPSA) is 53.2 Å². The molecule has 0 spiro atoms. The Bertz CT molecular complexity index is 66.6. The highest BCUT2D eigenvalue weighted by Gasteiger charge is 1.78. The van der Waals surface area contributed by atoms with Crippen molar-refractivity contribution in [2.45, 2.75) is 6.42 Å². The number of rotatable bonds is 3. The molecule has 0 aromatic heterocycles. The van der Waals surface area contributed by atoms with Crippen LogP contribution in [-0.4, -0.2) is 18.5 Å². The van der Waals surface area contributed by atoms with Gasteiger partial charge in [0.05, 0.1) is 19.1 Å². The van der Waals surface area contributed by atoms with E-state index in [1.807, 2.05) is 6.07 Å². The van der Waals surface area contributed by atoms with Crippen molar-refractivity contribution >= 4 is 0 Å². The number of aliphatic hydroxyl groups excluding tert-OH is 1. The van der Waals surface area contributed by atoms with E-state index in [1.54, 1.807) is 0 Å². The van der Waals surface area contributed by atoms with Gasteiger partial charge in [0.2, 0.25) is 0 Å². The summed E-state index contributed by atoms with van der Waals surface area (Å²) in [5, 5.41) is 15.8. The monoisotopic (exact) mass is 101 g/mol. The zero-order valence-electron chi connectivity index (χ0n) is 3.92. The van der Waals surface area contributed by atoms with Crippen LogP contribution < -0.4 is 0 Å². The Balaban J connectivity index is 2.60. The fourth-order valence-corrected chi connectivity index (χ4v) is 0.182. The van der Waals surface area contributed by atoms with Gasteiger partial charge in [0.25, 0.3) is 0 Å². The average Bonchev–Trinajstić information content (AvgIpc) is 1.69. The molecule has 0 aromatic carbocycles. The first-order valence-corrected chi connectivity index (χ1v) is 1.97. The Morgan fingerprint density at radius 3 is 2.86 bits per heavy atom. The van der Waals surface area contributed by atoms with Crippen molar-refractivity contribution < 1.29 is 9.84 Å². The third-order valence-electron chi connectivity index (χ3n) is 0.449. The SMILES string of the molecule is N#CCCOCO. The number of nitrogens with zero attached hydrogens (tertiary/aromatic N) is 1. The summed E-state index contributed by atoms with van der Waals surface area (Å²) in [6, 6.07) is 1.87. The van der Waals surface area contributed by atoms with Crippen molar-refractivity contribution in [3.63, 3.8) is 0 Å². The molecule has 0 aliphatic rings. The number of nitriles is 1. The first kappa shape index (κ1) is 6.41. The second-order valence-corrected chi connectivity index (χ2v) is 0.945. The van der Waals surface area contributed by atoms with Crippen LogP contribution >= 0.6 is 0 Å². The molecule has 0 amide bonds. The van der Waals surface area contributed by atoms with Gasteiger partial charge in [0, 0.05) is 0 Å². The number of ether oxygens (including phenoxy) is 1. The highest BCUT2D eigenvalue weighted by atomic mass is 16.6. The Morgan fingerprint density at radius 2 is 2.43 bits per heavy atom. The molecule has 3 heteroatoms. The summed E-state index contributed by atoms with van der Waals surface area (Å²) < 4.78 is 4.41. The van der Waals surface area contributed by atoms with Crippen molar-refractivity contribution in [3.8, 4) is 6.07 Å². The summed E-state index contributed by atoms with van der Waals surface area (Å²) in [4.78, 5) is 0. The second kappa shape index (κ2) is 5.41. The largest absolute Gasteiger partial charge is 0.371 e. The molecular formula is C4H7NO2. The highest BCUT2D eigenvalue weighted by molar-refractivity contribution is 4.66. The summed E-state index contributed by atoms with van der Waals surface area (Å²) in [6.07, 6.45) is 0.348. The smallest absolute Gasteiger partial charge is 0.143 e. The van der Waals surface area contributed by atoms with E-state index >= 15 is 0 Å². The summed E-state index contributed by atoms with van der Waals surface area (Å²) in [5.74, 6) is 0. The van der Waals surface area contributed by atoms with Crippen LogP contribution in [0.3, 0.4) is 0 Å². The van der Waals surface area contributed by atoms with Crippen LogP contribution in [0.1, 0.15) is 6.42 Å². The van der Waals surface area contributed by atoms with Gasteiger partial charge in [-0.1, -0.05) is 0 Å². The van der Waals surface area contributed by atoms with E-state index in [1.165, 1.54) is 0 Å². The maximum Gasteiger partial charge on any atom is 0.143 e. The van der Waals surface area contributed by atoms with E-state index < -0.39 is 0 Å². The lowest BCUT2D eigenvalue weighted by Gasteiger charge is -1.89. The molecule has 0 aliphatic heterocycles. The van der Waals surface area contributed by atoms with Crippen molar-refractivity contribution in [2.75, 3.05) is 13.4 Å². The van der Waals surface area contributed by atoms with Crippen LogP contribution in [0, 0.1) is 11.3 Å². The molecule has 0 rings (SSSR count). The molecule has 0 aromatic rings. The van der Waals surface area contributed by atoms with Gasteiger partial charge < -0.3 is 9.84 Å². The molecule has 0 unspecified atom stereocenters. The Kier molecular flexibility index (Phi) is 4.95. The van der Waals surface area contributed by atoms with Crippen molar-refractivity contribution in [3.05, 3.63) is 0 Å². The van der Waals surface area contributed by atoms with Gasteiger partial charge in [-0.25, -0.2) is 0 Å². The summed E-state index contributed by atoms with van der Waals surface area (Å²) >= 11 is 0. The summed E-state index contributed by atoms with van der Waals surface area (Å²) in [6.45, 7) is 0.0364. The summed E-state index contributed by atoms with van der Waals surface area (Å²) in [5.41, 5.74) is 0. The fraction of sp³-hybridized carbons (Fsp3) is 0.750. The van der Waals surface area contributed by atoms with Gasteiger partial charge in [-0.2, -0.15) is 5.26 Å². The third-order valence-corrected chi connectivity index (χ3v) is 0.449. The van der Waals surface area contributed by atoms with E-state index in [0.717, 1.165) is 0 Å². The van der Waals surface area contributed by atoms with Crippen LogP contribution in [0.25, 0.3) is 0 Å². The van der Waals surface area contributed by atoms with Gasteiger partial charge in [-0.3, -0.25) is 0 Å². The molecular weight excluding hydrogens is 94.0 g/mol. The fourth-order valence-electron chi connectivity index (χ4n) is 0.182. The number of aliphatic hydroxyl groups is 1. The van der Waals surface area contributed by atoms with Gasteiger partial charge in [-0.15, -0.1) is 0 Å². The molecule has 0 saturated heterocycles. The van der Waals surface area contributed by atoms with Crippen molar-refractivity contribution in [1.82, 2.24) is 0 Å². The van der Waals surface area contributed by atoms with Crippen LogP contribution in [0.2, 0.25) is 0 Å². The average molecular weight is 101 g/mol. The van der Waals surface area contributed by atoms with Crippen LogP contribution in [-0.2, 0) is 4.74 Å². The third kappa shape index (κ3) is 5.41. The molecule has 0 aliphatic carbocycles. The number of hydrogen-bond donors (Lipinski definition) is 1. The zero-order valence-corrected chi connectivity index (χ0v) is 3.92. The molecule has 0 bridgehead atoms.